The molecule has 0 bridgehead atoms. The SMILES string of the molecule is CCCOc1ccc(/C(O)=C2\C(=O)C(=O)N(Cc3cccnc3)[C@@H]2c2ccco2)cc1. The minimum Gasteiger partial charge on any atom is -0.507 e. The average molecular weight is 418 g/mol. The molecule has 1 amide bonds. The fourth-order valence-electron chi connectivity index (χ4n) is 3.56. The first-order valence-corrected chi connectivity index (χ1v) is 10.0. The van der Waals surface area contributed by atoms with Crippen molar-refractivity contribution in [2.24, 2.45) is 0 Å². The Morgan fingerprint density at radius 1 is 1.16 bits per heavy atom. The van der Waals surface area contributed by atoms with Gasteiger partial charge in [0.05, 0.1) is 18.4 Å². The normalized spacial score (nSPS) is 17.8. The van der Waals surface area contributed by atoms with E-state index in [0.29, 0.717) is 23.7 Å². The molecular formula is C24H22N2O5. The van der Waals surface area contributed by atoms with Gasteiger partial charge in [0.1, 0.15) is 23.3 Å². The predicted octanol–water partition coefficient (Wildman–Crippen LogP) is 4.09. The minimum absolute atomic E-state index is 0.00827. The van der Waals surface area contributed by atoms with Gasteiger partial charge in [0.25, 0.3) is 11.7 Å². The van der Waals surface area contributed by atoms with Crippen LogP contribution in [0.5, 0.6) is 5.75 Å². The summed E-state index contributed by atoms with van der Waals surface area (Å²) >= 11 is 0. The van der Waals surface area contributed by atoms with E-state index < -0.39 is 17.7 Å². The minimum atomic E-state index is -0.841. The van der Waals surface area contributed by atoms with Crippen molar-refractivity contribution in [2.45, 2.75) is 25.9 Å². The average Bonchev–Trinajstić information content (AvgIpc) is 3.41. The number of amides is 1. The zero-order valence-corrected chi connectivity index (χ0v) is 17.0. The Bertz CT molecular complexity index is 1090. The molecule has 4 rings (SSSR count). The number of aliphatic hydroxyl groups excluding tert-OH is 1. The van der Waals surface area contributed by atoms with Gasteiger partial charge in [0, 0.05) is 24.5 Å². The Hall–Kier alpha value is -3.87. The van der Waals surface area contributed by atoms with Crippen LogP contribution in [0.2, 0.25) is 0 Å². The van der Waals surface area contributed by atoms with Crippen LogP contribution in [0.15, 0.2) is 77.2 Å². The van der Waals surface area contributed by atoms with E-state index in [1.165, 1.54) is 11.2 Å². The molecule has 0 aliphatic carbocycles. The maximum absolute atomic E-state index is 12.9. The zero-order chi connectivity index (χ0) is 21.8. The molecule has 2 aromatic heterocycles. The van der Waals surface area contributed by atoms with Gasteiger partial charge in [0.2, 0.25) is 0 Å². The number of aromatic nitrogens is 1. The van der Waals surface area contributed by atoms with Gasteiger partial charge < -0.3 is 19.2 Å². The third kappa shape index (κ3) is 4.07. The number of likely N-dealkylation sites (tertiary alicyclic amines) is 1. The van der Waals surface area contributed by atoms with Crippen LogP contribution in [-0.2, 0) is 16.1 Å². The lowest BCUT2D eigenvalue weighted by atomic mass is 9.99. The highest BCUT2D eigenvalue weighted by atomic mass is 16.5. The lowest BCUT2D eigenvalue weighted by Crippen LogP contribution is -2.29. The standard InChI is InChI=1S/C24H22N2O5/c1-2-12-30-18-9-7-17(8-10-18)22(27)20-21(19-6-4-13-31-19)26(24(29)23(20)28)15-16-5-3-11-25-14-16/h3-11,13-14,21,27H,2,12,15H2,1H3/b22-20+/t21-/m1/s1. The highest BCUT2D eigenvalue weighted by Gasteiger charge is 2.47. The van der Waals surface area contributed by atoms with Gasteiger partial charge in [-0.25, -0.2) is 0 Å². The summed E-state index contributed by atoms with van der Waals surface area (Å²) in [5.74, 6) is -0.648. The van der Waals surface area contributed by atoms with E-state index in [9.17, 15) is 14.7 Å². The predicted molar refractivity (Wildman–Crippen MR) is 113 cm³/mol. The summed E-state index contributed by atoms with van der Waals surface area (Å²) in [6.07, 6.45) is 5.62. The van der Waals surface area contributed by atoms with Crippen molar-refractivity contribution in [3.8, 4) is 5.75 Å². The first kappa shape index (κ1) is 20.4. The number of carbonyl (C=O) groups is 2. The van der Waals surface area contributed by atoms with Crippen molar-refractivity contribution in [3.63, 3.8) is 0 Å². The first-order chi connectivity index (χ1) is 15.1. The second kappa shape index (κ2) is 8.87. The number of carbonyl (C=O) groups excluding carboxylic acids is 2. The molecule has 31 heavy (non-hydrogen) atoms. The third-order valence-electron chi connectivity index (χ3n) is 5.03. The first-order valence-electron chi connectivity index (χ1n) is 10.0. The van der Waals surface area contributed by atoms with Gasteiger partial charge in [-0.1, -0.05) is 13.0 Å². The molecule has 1 saturated heterocycles. The molecule has 0 unspecified atom stereocenters. The van der Waals surface area contributed by atoms with Crippen LogP contribution in [-0.4, -0.2) is 33.3 Å². The second-order valence-electron chi connectivity index (χ2n) is 7.18. The third-order valence-corrected chi connectivity index (χ3v) is 5.03. The monoisotopic (exact) mass is 418 g/mol. The van der Waals surface area contributed by atoms with Gasteiger partial charge in [-0.3, -0.25) is 14.6 Å². The summed E-state index contributed by atoms with van der Waals surface area (Å²) in [6.45, 7) is 2.76. The number of aliphatic hydroxyl groups is 1. The summed E-state index contributed by atoms with van der Waals surface area (Å²) in [4.78, 5) is 31.3. The summed E-state index contributed by atoms with van der Waals surface area (Å²) in [7, 11) is 0. The molecule has 7 nitrogen and oxygen atoms in total. The number of nitrogens with zero attached hydrogens (tertiary/aromatic N) is 2. The van der Waals surface area contributed by atoms with E-state index in [1.807, 2.05) is 13.0 Å². The largest absolute Gasteiger partial charge is 0.507 e. The fourth-order valence-corrected chi connectivity index (χ4v) is 3.56. The number of ether oxygens (including phenoxy) is 1. The Labute approximate surface area is 179 Å². The Morgan fingerprint density at radius 2 is 1.97 bits per heavy atom. The smallest absolute Gasteiger partial charge is 0.296 e. The molecule has 1 fully saturated rings. The molecule has 1 N–H and O–H groups in total. The number of hydrogen-bond acceptors (Lipinski definition) is 6. The molecular weight excluding hydrogens is 396 g/mol. The van der Waals surface area contributed by atoms with Crippen LogP contribution in [0.1, 0.15) is 36.3 Å². The van der Waals surface area contributed by atoms with Crippen LogP contribution in [0.4, 0.5) is 0 Å². The van der Waals surface area contributed by atoms with Gasteiger partial charge in [-0.2, -0.15) is 0 Å². The molecule has 3 aromatic rings. The highest BCUT2D eigenvalue weighted by Crippen LogP contribution is 2.40. The van der Waals surface area contributed by atoms with Gasteiger partial charge >= 0.3 is 0 Å². The van der Waals surface area contributed by atoms with Crippen molar-refractivity contribution in [2.75, 3.05) is 6.61 Å². The maximum Gasteiger partial charge on any atom is 0.296 e. The summed E-state index contributed by atoms with van der Waals surface area (Å²) in [6, 6.07) is 12.9. The van der Waals surface area contributed by atoms with Crippen molar-refractivity contribution in [3.05, 3.63) is 89.6 Å². The molecule has 3 heterocycles. The van der Waals surface area contributed by atoms with Crippen LogP contribution in [0.25, 0.3) is 5.76 Å². The second-order valence-corrected chi connectivity index (χ2v) is 7.18. The summed E-state index contributed by atoms with van der Waals surface area (Å²) in [5.41, 5.74) is 1.17. The summed E-state index contributed by atoms with van der Waals surface area (Å²) in [5, 5.41) is 11.0. The molecule has 1 aliphatic rings. The zero-order valence-electron chi connectivity index (χ0n) is 17.0. The quantitative estimate of drug-likeness (QED) is 0.353. The van der Waals surface area contributed by atoms with Gasteiger partial charge in [-0.15, -0.1) is 0 Å². The number of furan rings is 1. The molecule has 1 atom stereocenters. The fraction of sp³-hybridized carbons (Fsp3) is 0.208. The van der Waals surface area contributed by atoms with Crippen LogP contribution in [0, 0.1) is 0 Å². The van der Waals surface area contributed by atoms with Crippen molar-refractivity contribution >= 4 is 17.4 Å². The van der Waals surface area contributed by atoms with Gasteiger partial charge in [0.15, 0.2) is 0 Å². The lowest BCUT2D eigenvalue weighted by Gasteiger charge is -2.23. The molecule has 1 aliphatic heterocycles. The molecule has 0 saturated carbocycles. The summed E-state index contributed by atoms with van der Waals surface area (Å²) < 4.78 is 11.1. The number of hydrogen-bond donors (Lipinski definition) is 1. The van der Waals surface area contributed by atoms with E-state index in [2.05, 4.69) is 4.98 Å². The molecule has 0 spiro atoms. The van der Waals surface area contributed by atoms with E-state index >= 15 is 0 Å². The van der Waals surface area contributed by atoms with Crippen LogP contribution in [0.3, 0.4) is 0 Å². The maximum atomic E-state index is 12.9. The Kier molecular flexibility index (Phi) is 5.84. The Balaban J connectivity index is 1.74. The van der Waals surface area contributed by atoms with Crippen molar-refractivity contribution < 1.29 is 23.8 Å². The van der Waals surface area contributed by atoms with Gasteiger partial charge in [-0.05, 0) is 54.4 Å². The number of rotatable bonds is 7. The van der Waals surface area contributed by atoms with Crippen molar-refractivity contribution in [1.82, 2.24) is 9.88 Å². The Morgan fingerprint density at radius 3 is 2.61 bits per heavy atom. The topological polar surface area (TPSA) is 92.9 Å². The molecule has 158 valence electrons. The number of Topliss-reactive ketones (excluding diaryl/α,β-unsaturated/α-hetero) is 1. The van der Waals surface area contributed by atoms with E-state index in [0.717, 1.165) is 12.0 Å². The van der Waals surface area contributed by atoms with Crippen molar-refractivity contribution in [1.29, 1.82) is 0 Å². The van der Waals surface area contributed by atoms with Crippen LogP contribution >= 0.6 is 0 Å². The van der Waals surface area contributed by atoms with E-state index in [1.54, 1.807) is 54.9 Å². The number of pyridine rings is 1. The highest BCUT2D eigenvalue weighted by molar-refractivity contribution is 6.46. The van der Waals surface area contributed by atoms with E-state index in [4.69, 9.17) is 9.15 Å². The number of ketones is 1. The molecule has 1 aromatic carbocycles. The lowest BCUT2D eigenvalue weighted by molar-refractivity contribution is -0.140. The molecule has 7 heteroatoms. The molecule has 0 radical (unpaired) electrons. The van der Waals surface area contributed by atoms with Crippen LogP contribution < -0.4 is 4.74 Å². The number of benzene rings is 1. The van der Waals surface area contributed by atoms with E-state index in [-0.39, 0.29) is 17.9 Å².